The molecule has 0 unspecified atom stereocenters. The van der Waals surface area contributed by atoms with Crippen molar-refractivity contribution in [2.45, 2.75) is 16.8 Å². The number of methoxy groups -OCH3 is 3. The summed E-state index contributed by atoms with van der Waals surface area (Å²) in [5.74, 6) is 1.62. The van der Waals surface area contributed by atoms with Gasteiger partial charge in [0.25, 0.3) is 0 Å². The van der Waals surface area contributed by atoms with Gasteiger partial charge in [0, 0.05) is 23.1 Å². The summed E-state index contributed by atoms with van der Waals surface area (Å²) in [7, 11) is 5.03. The molecule has 0 saturated carbocycles. The minimum absolute atomic E-state index is 0.389. The van der Waals surface area contributed by atoms with Gasteiger partial charge in [-0.3, -0.25) is 4.57 Å². The number of ether oxygens (including phenoxy) is 3. The summed E-state index contributed by atoms with van der Waals surface area (Å²) in [5, 5.41) is 0.865. The first-order chi connectivity index (χ1) is 15.2. The monoisotopic (exact) mass is 432 g/mol. The molecular weight excluding hydrogens is 408 g/mol. The second kappa shape index (κ2) is 9.73. The Labute approximate surface area is 186 Å². The van der Waals surface area contributed by atoms with E-state index in [0.29, 0.717) is 6.73 Å². The number of imidazole rings is 1. The lowest BCUT2D eigenvalue weighted by Gasteiger charge is -2.12. The molecule has 0 aliphatic rings. The van der Waals surface area contributed by atoms with Crippen molar-refractivity contribution in [2.24, 2.45) is 0 Å². The summed E-state index contributed by atoms with van der Waals surface area (Å²) in [5.41, 5.74) is 3.93. The van der Waals surface area contributed by atoms with Crippen LogP contribution in [0.15, 0.2) is 88.9 Å². The standard InChI is InChI=1S/C25H24N2O3S/c1-28-17-27-24(19-11-15-21(30-3)16-12-19)23(18-9-13-20(29-2)14-10-18)26-25(27)31-22-7-5-4-6-8-22/h4-16H,17H2,1-3H3. The number of benzene rings is 3. The molecule has 0 spiro atoms. The first-order valence-electron chi connectivity index (χ1n) is 9.84. The predicted molar refractivity (Wildman–Crippen MR) is 124 cm³/mol. The highest BCUT2D eigenvalue weighted by Crippen LogP contribution is 2.39. The van der Waals surface area contributed by atoms with Crippen LogP contribution in [0.4, 0.5) is 0 Å². The van der Waals surface area contributed by atoms with E-state index in [-0.39, 0.29) is 0 Å². The Hall–Kier alpha value is -3.22. The van der Waals surface area contributed by atoms with Crippen molar-refractivity contribution in [3.05, 3.63) is 78.9 Å². The molecule has 5 nitrogen and oxygen atoms in total. The summed E-state index contributed by atoms with van der Waals surface area (Å²) in [4.78, 5) is 6.16. The number of nitrogens with zero attached hydrogens (tertiary/aromatic N) is 2. The van der Waals surface area contributed by atoms with Crippen LogP contribution in [0.25, 0.3) is 22.5 Å². The third-order valence-corrected chi connectivity index (χ3v) is 5.87. The second-order valence-electron chi connectivity index (χ2n) is 6.81. The van der Waals surface area contributed by atoms with Crippen molar-refractivity contribution in [3.8, 4) is 34.0 Å². The van der Waals surface area contributed by atoms with Crippen LogP contribution in [0.1, 0.15) is 0 Å². The number of hydrogen-bond acceptors (Lipinski definition) is 5. The third kappa shape index (κ3) is 4.60. The molecule has 0 radical (unpaired) electrons. The van der Waals surface area contributed by atoms with E-state index in [1.807, 2.05) is 66.7 Å². The zero-order valence-electron chi connectivity index (χ0n) is 17.7. The lowest BCUT2D eigenvalue weighted by Crippen LogP contribution is -2.04. The van der Waals surface area contributed by atoms with Crippen LogP contribution in [0.2, 0.25) is 0 Å². The van der Waals surface area contributed by atoms with Crippen molar-refractivity contribution >= 4 is 11.8 Å². The molecule has 0 amide bonds. The molecule has 4 aromatic rings. The third-order valence-electron chi connectivity index (χ3n) is 4.87. The van der Waals surface area contributed by atoms with Gasteiger partial charge in [0.1, 0.15) is 18.2 Å². The van der Waals surface area contributed by atoms with Gasteiger partial charge in [-0.25, -0.2) is 4.98 Å². The van der Waals surface area contributed by atoms with Crippen molar-refractivity contribution in [3.63, 3.8) is 0 Å². The van der Waals surface area contributed by atoms with Gasteiger partial charge in [-0.2, -0.15) is 0 Å². The zero-order valence-corrected chi connectivity index (χ0v) is 18.6. The summed E-state index contributed by atoms with van der Waals surface area (Å²) in [6.07, 6.45) is 0. The molecule has 6 heteroatoms. The van der Waals surface area contributed by atoms with Crippen LogP contribution in [0.5, 0.6) is 11.5 Å². The molecule has 0 aliphatic carbocycles. The molecular formula is C25H24N2O3S. The van der Waals surface area contributed by atoms with Gasteiger partial charge in [-0.1, -0.05) is 30.0 Å². The first kappa shape index (κ1) is 21.0. The number of hydrogen-bond donors (Lipinski definition) is 0. The zero-order chi connectivity index (χ0) is 21.6. The van der Waals surface area contributed by atoms with Crippen molar-refractivity contribution in [1.82, 2.24) is 9.55 Å². The van der Waals surface area contributed by atoms with E-state index in [0.717, 1.165) is 44.1 Å². The van der Waals surface area contributed by atoms with E-state index in [9.17, 15) is 0 Å². The Balaban J connectivity index is 1.88. The molecule has 1 aromatic heterocycles. The van der Waals surface area contributed by atoms with E-state index in [2.05, 4.69) is 16.7 Å². The first-order valence-corrected chi connectivity index (χ1v) is 10.7. The Morgan fingerprint density at radius 3 is 1.87 bits per heavy atom. The molecule has 0 fully saturated rings. The predicted octanol–water partition coefficient (Wildman–Crippen LogP) is 5.99. The van der Waals surface area contributed by atoms with Crippen LogP contribution >= 0.6 is 11.8 Å². The molecule has 0 saturated heterocycles. The maximum atomic E-state index is 5.56. The van der Waals surface area contributed by atoms with Crippen LogP contribution in [0, 0.1) is 0 Å². The molecule has 0 aliphatic heterocycles. The average Bonchev–Trinajstić information content (AvgIpc) is 3.18. The van der Waals surface area contributed by atoms with E-state index >= 15 is 0 Å². The van der Waals surface area contributed by atoms with Crippen molar-refractivity contribution in [1.29, 1.82) is 0 Å². The number of rotatable bonds is 8. The fourth-order valence-corrected chi connectivity index (χ4v) is 4.24. The molecule has 0 bridgehead atoms. The van der Waals surface area contributed by atoms with Crippen LogP contribution in [-0.4, -0.2) is 30.9 Å². The molecule has 3 aromatic carbocycles. The fourth-order valence-electron chi connectivity index (χ4n) is 3.34. The molecule has 31 heavy (non-hydrogen) atoms. The molecule has 0 N–H and O–H groups in total. The number of aromatic nitrogens is 2. The van der Waals surface area contributed by atoms with Gasteiger partial charge in [-0.05, 0) is 60.7 Å². The minimum atomic E-state index is 0.389. The maximum absolute atomic E-state index is 5.56. The Morgan fingerprint density at radius 1 is 0.742 bits per heavy atom. The molecule has 0 atom stereocenters. The molecule has 1 heterocycles. The Morgan fingerprint density at radius 2 is 1.32 bits per heavy atom. The lowest BCUT2D eigenvalue weighted by atomic mass is 10.0. The Bertz CT molecular complexity index is 1120. The van der Waals surface area contributed by atoms with Crippen LogP contribution in [-0.2, 0) is 11.5 Å². The summed E-state index contributed by atoms with van der Waals surface area (Å²) in [6.45, 7) is 0.389. The average molecular weight is 433 g/mol. The minimum Gasteiger partial charge on any atom is -0.497 e. The van der Waals surface area contributed by atoms with Crippen LogP contribution in [0.3, 0.4) is 0 Å². The van der Waals surface area contributed by atoms with Crippen molar-refractivity contribution < 1.29 is 14.2 Å². The summed E-state index contributed by atoms with van der Waals surface area (Å²) in [6, 6.07) is 26.2. The van der Waals surface area contributed by atoms with Gasteiger partial charge < -0.3 is 14.2 Å². The van der Waals surface area contributed by atoms with Gasteiger partial charge >= 0.3 is 0 Å². The SMILES string of the molecule is COCn1c(Sc2ccccc2)nc(-c2ccc(OC)cc2)c1-c1ccc(OC)cc1. The normalized spacial score (nSPS) is 10.8. The van der Waals surface area contributed by atoms with Crippen molar-refractivity contribution in [2.75, 3.05) is 21.3 Å². The second-order valence-corrected chi connectivity index (χ2v) is 7.85. The topological polar surface area (TPSA) is 45.5 Å². The summed E-state index contributed by atoms with van der Waals surface area (Å²) >= 11 is 1.62. The molecule has 4 rings (SSSR count). The van der Waals surface area contributed by atoms with E-state index < -0.39 is 0 Å². The highest BCUT2D eigenvalue weighted by molar-refractivity contribution is 7.99. The summed E-state index contributed by atoms with van der Waals surface area (Å²) < 4.78 is 18.3. The van der Waals surface area contributed by atoms with Gasteiger partial charge in [0.2, 0.25) is 0 Å². The van der Waals surface area contributed by atoms with E-state index in [1.54, 1.807) is 33.1 Å². The van der Waals surface area contributed by atoms with Gasteiger partial charge in [-0.15, -0.1) is 0 Å². The van der Waals surface area contributed by atoms with Gasteiger partial charge in [0.15, 0.2) is 5.16 Å². The lowest BCUT2D eigenvalue weighted by molar-refractivity contribution is 0.125. The fraction of sp³-hybridized carbons (Fsp3) is 0.160. The van der Waals surface area contributed by atoms with Gasteiger partial charge in [0.05, 0.1) is 25.6 Å². The smallest absolute Gasteiger partial charge is 0.175 e. The quantitative estimate of drug-likeness (QED) is 0.342. The Kier molecular flexibility index (Phi) is 6.60. The van der Waals surface area contributed by atoms with E-state index in [4.69, 9.17) is 19.2 Å². The highest BCUT2D eigenvalue weighted by atomic mass is 32.2. The molecule has 158 valence electrons. The maximum Gasteiger partial charge on any atom is 0.175 e. The van der Waals surface area contributed by atoms with Crippen LogP contribution < -0.4 is 9.47 Å². The largest absolute Gasteiger partial charge is 0.497 e. The van der Waals surface area contributed by atoms with E-state index in [1.165, 1.54) is 0 Å². The highest BCUT2D eigenvalue weighted by Gasteiger charge is 2.21.